The molecule has 0 spiro atoms. The molecule has 0 fully saturated rings. The van der Waals surface area contributed by atoms with Gasteiger partial charge in [0.1, 0.15) is 0 Å². The van der Waals surface area contributed by atoms with E-state index in [4.69, 9.17) is 15.0 Å². The molecular weight excluding hydrogens is 705 g/mol. The summed E-state index contributed by atoms with van der Waals surface area (Å²) in [6.07, 6.45) is 0. The van der Waals surface area contributed by atoms with Crippen molar-refractivity contribution in [1.82, 2.24) is 19.5 Å². The molecule has 0 N–H and O–H groups in total. The van der Waals surface area contributed by atoms with E-state index >= 15 is 0 Å². The third-order valence-corrected chi connectivity index (χ3v) is 11.9. The fourth-order valence-electron chi connectivity index (χ4n) is 9.04. The Morgan fingerprint density at radius 3 is 1.62 bits per heavy atom. The summed E-state index contributed by atoms with van der Waals surface area (Å²) in [6, 6.07) is 69.0. The van der Waals surface area contributed by atoms with Crippen molar-refractivity contribution in [3.8, 4) is 73.2 Å². The first kappa shape index (κ1) is 33.9. The Morgan fingerprint density at radius 1 is 0.379 bits per heavy atom. The van der Waals surface area contributed by atoms with Crippen molar-refractivity contribution < 1.29 is 0 Å². The van der Waals surface area contributed by atoms with Crippen LogP contribution in [-0.2, 0) is 5.41 Å². The first-order chi connectivity index (χ1) is 28.5. The van der Waals surface area contributed by atoms with Gasteiger partial charge in [-0.05, 0) is 74.8 Å². The van der Waals surface area contributed by atoms with Crippen LogP contribution in [-0.4, -0.2) is 19.5 Å². The van der Waals surface area contributed by atoms with E-state index in [1.165, 1.54) is 49.9 Å². The van der Waals surface area contributed by atoms with Crippen molar-refractivity contribution in [1.29, 1.82) is 0 Å². The zero-order valence-electron chi connectivity index (χ0n) is 32.3. The van der Waals surface area contributed by atoms with E-state index in [9.17, 15) is 0 Å². The summed E-state index contributed by atoms with van der Waals surface area (Å²) < 4.78 is 2.36. The predicted octanol–water partition coefficient (Wildman–Crippen LogP) is 13.6. The van der Waals surface area contributed by atoms with Crippen molar-refractivity contribution in [3.05, 3.63) is 205 Å². The molecule has 4 nitrogen and oxygen atoms in total. The predicted molar refractivity (Wildman–Crippen MR) is 239 cm³/mol. The molecule has 274 valence electrons. The molecular formula is C54H38N4. The fourth-order valence-corrected chi connectivity index (χ4v) is 9.04. The lowest BCUT2D eigenvalue weighted by Gasteiger charge is -2.21. The second-order valence-electron chi connectivity index (χ2n) is 15.6. The molecule has 2 aromatic heterocycles. The topological polar surface area (TPSA) is 43.6 Å². The van der Waals surface area contributed by atoms with E-state index < -0.39 is 0 Å². The molecule has 0 saturated carbocycles. The second kappa shape index (κ2) is 13.4. The highest BCUT2D eigenvalue weighted by Crippen LogP contribution is 2.52. The molecule has 0 amide bonds. The molecule has 0 saturated heterocycles. The Kier molecular flexibility index (Phi) is 7.80. The van der Waals surface area contributed by atoms with Crippen LogP contribution in [0.25, 0.3) is 95.0 Å². The van der Waals surface area contributed by atoms with Crippen LogP contribution in [0, 0.1) is 0 Å². The van der Waals surface area contributed by atoms with Crippen LogP contribution >= 0.6 is 0 Å². The molecule has 8 aromatic carbocycles. The maximum Gasteiger partial charge on any atom is 0.166 e. The van der Waals surface area contributed by atoms with Crippen LogP contribution < -0.4 is 0 Å². The van der Waals surface area contributed by atoms with Crippen molar-refractivity contribution in [2.75, 3.05) is 0 Å². The molecule has 0 radical (unpaired) electrons. The number of aromatic nitrogens is 4. The van der Waals surface area contributed by atoms with Crippen LogP contribution in [0.2, 0.25) is 0 Å². The summed E-state index contributed by atoms with van der Waals surface area (Å²) in [4.78, 5) is 15.3. The normalized spacial score (nSPS) is 12.8. The average Bonchev–Trinajstić information content (AvgIpc) is 3.75. The molecule has 2 heterocycles. The van der Waals surface area contributed by atoms with E-state index in [1.807, 2.05) is 36.4 Å². The SMILES string of the molecule is CC1(C)c2ccccc2-c2c(-c3ccc(-c4ccc5c(c4)c4cccc(-c6nc(-c7ccccc7)nc(-c7ccccc7)n6)c4n5-c4ccccc4)cc3)cccc21. The first-order valence-electron chi connectivity index (χ1n) is 19.9. The quantitative estimate of drug-likeness (QED) is 0.170. The monoisotopic (exact) mass is 742 g/mol. The number of fused-ring (bicyclic) bond motifs is 6. The summed E-state index contributed by atoms with van der Waals surface area (Å²) in [5.74, 6) is 1.92. The van der Waals surface area contributed by atoms with Gasteiger partial charge in [-0.1, -0.05) is 178 Å². The van der Waals surface area contributed by atoms with E-state index in [0.717, 1.165) is 38.8 Å². The van der Waals surface area contributed by atoms with Gasteiger partial charge in [0.25, 0.3) is 0 Å². The van der Waals surface area contributed by atoms with Gasteiger partial charge in [-0.3, -0.25) is 0 Å². The molecule has 0 unspecified atom stereocenters. The van der Waals surface area contributed by atoms with Crippen LogP contribution in [0.1, 0.15) is 25.0 Å². The molecule has 58 heavy (non-hydrogen) atoms. The maximum atomic E-state index is 5.16. The maximum absolute atomic E-state index is 5.16. The Balaban J connectivity index is 1.07. The van der Waals surface area contributed by atoms with E-state index in [0.29, 0.717) is 17.5 Å². The summed E-state index contributed by atoms with van der Waals surface area (Å²) >= 11 is 0. The Labute approximate surface area is 337 Å². The minimum atomic E-state index is -0.0338. The van der Waals surface area contributed by atoms with E-state index in [-0.39, 0.29) is 5.41 Å². The highest BCUT2D eigenvalue weighted by atomic mass is 15.0. The number of para-hydroxylation sites is 2. The van der Waals surface area contributed by atoms with Crippen molar-refractivity contribution >= 4 is 21.8 Å². The number of hydrogen-bond donors (Lipinski definition) is 0. The molecule has 0 aliphatic heterocycles. The van der Waals surface area contributed by atoms with Crippen LogP contribution in [0.4, 0.5) is 0 Å². The van der Waals surface area contributed by atoms with Crippen LogP contribution in [0.15, 0.2) is 194 Å². The molecule has 0 atom stereocenters. The van der Waals surface area contributed by atoms with E-state index in [1.54, 1.807) is 0 Å². The molecule has 0 bridgehead atoms. The standard InChI is InChI=1S/C54H38N4/c1-54(2)46-26-13-12-22-43(46)49-41(23-15-27-47(49)54)36-30-28-35(29-31-36)39-32-33-48-45(34-39)42-24-14-25-44(50(42)58(48)40-20-10-5-11-21-40)53-56-51(37-16-6-3-7-17-37)55-52(57-53)38-18-8-4-9-19-38/h3-34H,1-2H3. The average molecular weight is 743 g/mol. The van der Waals surface area contributed by atoms with E-state index in [2.05, 4.69) is 176 Å². The molecule has 11 rings (SSSR count). The number of rotatable bonds is 6. The van der Waals surface area contributed by atoms with Gasteiger partial charge in [-0.2, -0.15) is 0 Å². The summed E-state index contributed by atoms with van der Waals surface area (Å²) in [6.45, 7) is 4.68. The van der Waals surface area contributed by atoms with Gasteiger partial charge in [-0.25, -0.2) is 15.0 Å². The largest absolute Gasteiger partial charge is 0.308 e. The Hall–Kier alpha value is -7.43. The second-order valence-corrected chi connectivity index (χ2v) is 15.6. The summed E-state index contributed by atoms with van der Waals surface area (Å²) in [7, 11) is 0. The molecule has 1 aliphatic carbocycles. The third-order valence-electron chi connectivity index (χ3n) is 11.9. The van der Waals surface area contributed by atoms with Gasteiger partial charge in [0.05, 0.1) is 11.0 Å². The number of benzene rings is 8. The zero-order valence-corrected chi connectivity index (χ0v) is 32.3. The highest BCUT2D eigenvalue weighted by molar-refractivity contribution is 6.14. The zero-order chi connectivity index (χ0) is 38.8. The summed E-state index contributed by atoms with van der Waals surface area (Å²) in [5.41, 5.74) is 16.4. The van der Waals surface area contributed by atoms with Gasteiger partial charge in [0, 0.05) is 38.6 Å². The van der Waals surface area contributed by atoms with Crippen molar-refractivity contribution in [2.24, 2.45) is 0 Å². The van der Waals surface area contributed by atoms with Gasteiger partial charge < -0.3 is 4.57 Å². The Morgan fingerprint density at radius 2 is 0.914 bits per heavy atom. The van der Waals surface area contributed by atoms with Crippen LogP contribution in [0.5, 0.6) is 0 Å². The van der Waals surface area contributed by atoms with Gasteiger partial charge in [0.15, 0.2) is 17.5 Å². The van der Waals surface area contributed by atoms with Gasteiger partial charge in [-0.15, -0.1) is 0 Å². The lowest BCUT2D eigenvalue weighted by molar-refractivity contribution is 0.660. The van der Waals surface area contributed by atoms with Gasteiger partial charge >= 0.3 is 0 Å². The molecule has 10 aromatic rings. The smallest absolute Gasteiger partial charge is 0.166 e. The lowest BCUT2D eigenvalue weighted by Crippen LogP contribution is -2.14. The minimum absolute atomic E-state index is 0.0338. The molecule has 1 aliphatic rings. The number of hydrogen-bond acceptors (Lipinski definition) is 3. The minimum Gasteiger partial charge on any atom is -0.308 e. The van der Waals surface area contributed by atoms with Crippen molar-refractivity contribution in [2.45, 2.75) is 19.3 Å². The fraction of sp³-hybridized carbons (Fsp3) is 0.0556. The number of nitrogens with zero attached hydrogens (tertiary/aromatic N) is 4. The lowest BCUT2D eigenvalue weighted by atomic mass is 9.82. The van der Waals surface area contributed by atoms with Crippen LogP contribution in [0.3, 0.4) is 0 Å². The first-order valence-corrected chi connectivity index (χ1v) is 19.9. The van der Waals surface area contributed by atoms with Crippen molar-refractivity contribution in [3.63, 3.8) is 0 Å². The highest BCUT2D eigenvalue weighted by Gasteiger charge is 2.36. The third kappa shape index (κ3) is 5.41. The van der Waals surface area contributed by atoms with Gasteiger partial charge in [0.2, 0.25) is 0 Å². The molecule has 4 heteroatoms. The Bertz CT molecular complexity index is 3110. The summed E-state index contributed by atoms with van der Waals surface area (Å²) in [5, 5.41) is 2.31.